The highest BCUT2D eigenvalue weighted by Crippen LogP contribution is 2.32. The maximum Gasteiger partial charge on any atom is 0.331 e. The van der Waals surface area contributed by atoms with Gasteiger partial charge in [0.15, 0.2) is 12.4 Å². The van der Waals surface area contributed by atoms with Gasteiger partial charge in [0.2, 0.25) is 10.0 Å². The van der Waals surface area contributed by atoms with Crippen molar-refractivity contribution in [2.24, 2.45) is 0 Å². The third-order valence-corrected chi connectivity index (χ3v) is 8.47. The van der Waals surface area contributed by atoms with E-state index in [1.165, 1.54) is 66.3 Å². The standard InChI is InChI=1S/C27H31NO6S/c29-26(24-11-9-23(10-12-24)22-4-2-1-3-5-22)20-34-27(30)15-8-21-6-13-25(14-7-21)35(31,32)28-16-18-33-19-17-28/h6-15,22H,1-5,16-20H2. The lowest BCUT2D eigenvalue weighted by Crippen LogP contribution is -2.40. The van der Waals surface area contributed by atoms with Gasteiger partial charge < -0.3 is 9.47 Å². The highest BCUT2D eigenvalue weighted by molar-refractivity contribution is 7.89. The van der Waals surface area contributed by atoms with Crippen molar-refractivity contribution >= 4 is 27.9 Å². The first kappa shape index (κ1) is 25.3. The maximum absolute atomic E-state index is 12.7. The molecular weight excluding hydrogens is 466 g/mol. The summed E-state index contributed by atoms with van der Waals surface area (Å²) in [4.78, 5) is 24.7. The van der Waals surface area contributed by atoms with Crippen molar-refractivity contribution in [3.63, 3.8) is 0 Å². The van der Waals surface area contributed by atoms with Crippen molar-refractivity contribution in [3.8, 4) is 0 Å². The minimum Gasteiger partial charge on any atom is -0.454 e. The predicted octanol–water partition coefficient (Wildman–Crippen LogP) is 4.19. The molecule has 0 atom stereocenters. The Hall–Kier alpha value is -2.81. The molecular formula is C27H31NO6S. The van der Waals surface area contributed by atoms with Gasteiger partial charge in [-0.25, -0.2) is 13.2 Å². The molecule has 35 heavy (non-hydrogen) atoms. The van der Waals surface area contributed by atoms with Crippen molar-refractivity contribution in [1.82, 2.24) is 4.31 Å². The number of Topliss-reactive ketones (excluding diaryl/α,β-unsaturated/α-hetero) is 1. The number of ketones is 1. The molecule has 2 aromatic carbocycles. The number of sulfonamides is 1. The second-order valence-corrected chi connectivity index (χ2v) is 10.8. The van der Waals surface area contributed by atoms with Crippen molar-refractivity contribution in [1.29, 1.82) is 0 Å². The number of carbonyl (C=O) groups is 2. The van der Waals surface area contributed by atoms with Crippen LogP contribution in [-0.4, -0.2) is 57.4 Å². The van der Waals surface area contributed by atoms with Gasteiger partial charge in [-0.3, -0.25) is 4.79 Å². The Morgan fingerprint density at radius 2 is 1.60 bits per heavy atom. The largest absolute Gasteiger partial charge is 0.454 e. The molecule has 1 saturated heterocycles. The number of hydrogen-bond acceptors (Lipinski definition) is 6. The Labute approximate surface area is 206 Å². The van der Waals surface area contributed by atoms with E-state index in [-0.39, 0.29) is 17.3 Å². The molecule has 7 nitrogen and oxygen atoms in total. The summed E-state index contributed by atoms with van der Waals surface area (Å²) in [6.45, 7) is 1.11. The van der Waals surface area contributed by atoms with Crippen LogP contribution in [0, 0.1) is 0 Å². The normalized spacial score (nSPS) is 17.9. The first-order valence-corrected chi connectivity index (χ1v) is 13.5. The lowest BCUT2D eigenvalue weighted by molar-refractivity contribution is -0.136. The van der Waals surface area contributed by atoms with Gasteiger partial charge >= 0.3 is 5.97 Å². The van der Waals surface area contributed by atoms with E-state index in [1.807, 2.05) is 24.3 Å². The molecule has 1 heterocycles. The zero-order valence-corrected chi connectivity index (χ0v) is 20.5. The second-order valence-electron chi connectivity index (χ2n) is 8.91. The number of morpholine rings is 1. The molecule has 1 aliphatic heterocycles. The Morgan fingerprint density at radius 3 is 2.26 bits per heavy atom. The first-order chi connectivity index (χ1) is 16.9. The average Bonchev–Trinajstić information content (AvgIpc) is 2.92. The minimum absolute atomic E-state index is 0.194. The third-order valence-electron chi connectivity index (χ3n) is 6.55. The molecule has 0 spiro atoms. The van der Waals surface area contributed by atoms with Crippen molar-refractivity contribution < 1.29 is 27.5 Å². The quantitative estimate of drug-likeness (QED) is 0.309. The minimum atomic E-state index is -3.56. The zero-order valence-electron chi connectivity index (χ0n) is 19.7. The molecule has 1 aliphatic carbocycles. The van der Waals surface area contributed by atoms with E-state index in [1.54, 1.807) is 12.1 Å². The van der Waals surface area contributed by atoms with Gasteiger partial charge in [0.25, 0.3) is 0 Å². The van der Waals surface area contributed by atoms with Crippen LogP contribution in [0.25, 0.3) is 6.08 Å². The summed E-state index contributed by atoms with van der Waals surface area (Å²) in [6.07, 6.45) is 8.96. The average molecular weight is 498 g/mol. The number of carbonyl (C=O) groups excluding carboxylic acids is 2. The predicted molar refractivity (Wildman–Crippen MR) is 133 cm³/mol. The molecule has 2 aromatic rings. The Bertz CT molecular complexity index is 1140. The molecule has 186 valence electrons. The molecule has 0 aromatic heterocycles. The fourth-order valence-electron chi connectivity index (χ4n) is 4.50. The number of nitrogens with zero attached hydrogens (tertiary/aromatic N) is 1. The van der Waals surface area contributed by atoms with Gasteiger partial charge in [-0.15, -0.1) is 0 Å². The van der Waals surface area contributed by atoms with E-state index >= 15 is 0 Å². The van der Waals surface area contributed by atoms with Gasteiger partial charge in [-0.05, 0) is 48.1 Å². The van der Waals surface area contributed by atoms with Gasteiger partial charge in [0, 0.05) is 24.7 Å². The number of hydrogen-bond donors (Lipinski definition) is 0. The monoisotopic (exact) mass is 497 g/mol. The van der Waals surface area contributed by atoms with Crippen LogP contribution in [0.15, 0.2) is 59.5 Å². The van der Waals surface area contributed by atoms with Crippen LogP contribution in [0.2, 0.25) is 0 Å². The molecule has 4 rings (SSSR count). The smallest absolute Gasteiger partial charge is 0.331 e. The molecule has 0 bridgehead atoms. The van der Waals surface area contributed by atoms with Gasteiger partial charge in [0.1, 0.15) is 0 Å². The molecule has 0 N–H and O–H groups in total. The zero-order chi connectivity index (χ0) is 24.7. The number of esters is 1. The van der Waals surface area contributed by atoms with Crippen LogP contribution >= 0.6 is 0 Å². The van der Waals surface area contributed by atoms with Crippen LogP contribution in [-0.2, 0) is 24.3 Å². The first-order valence-electron chi connectivity index (χ1n) is 12.1. The van der Waals surface area contributed by atoms with E-state index in [0.29, 0.717) is 43.3 Å². The van der Waals surface area contributed by atoms with Gasteiger partial charge in [-0.2, -0.15) is 4.31 Å². The lowest BCUT2D eigenvalue weighted by Gasteiger charge is -2.26. The van der Waals surface area contributed by atoms with Crippen molar-refractivity contribution in [2.75, 3.05) is 32.9 Å². The fourth-order valence-corrected chi connectivity index (χ4v) is 5.90. The van der Waals surface area contributed by atoms with Crippen molar-refractivity contribution in [2.45, 2.75) is 42.9 Å². The topological polar surface area (TPSA) is 90.0 Å². The number of rotatable bonds is 8. The second kappa shape index (κ2) is 11.7. The van der Waals surface area contributed by atoms with Crippen LogP contribution in [0.3, 0.4) is 0 Å². The Balaban J connectivity index is 1.27. The Kier molecular flexibility index (Phi) is 8.49. The maximum atomic E-state index is 12.7. The Morgan fingerprint density at radius 1 is 0.943 bits per heavy atom. The summed E-state index contributed by atoms with van der Waals surface area (Å²) >= 11 is 0. The molecule has 8 heteroatoms. The summed E-state index contributed by atoms with van der Waals surface area (Å²) in [5.74, 6) is -0.314. The van der Waals surface area contributed by atoms with Crippen LogP contribution in [0.5, 0.6) is 0 Å². The lowest BCUT2D eigenvalue weighted by atomic mass is 9.84. The van der Waals surface area contributed by atoms with Gasteiger partial charge in [-0.1, -0.05) is 55.7 Å². The summed E-state index contributed by atoms with van der Waals surface area (Å²) < 4.78 is 37.1. The fraction of sp³-hybridized carbons (Fsp3) is 0.407. The van der Waals surface area contributed by atoms with E-state index in [2.05, 4.69) is 0 Å². The van der Waals surface area contributed by atoms with E-state index in [0.717, 1.165) is 0 Å². The third kappa shape index (κ3) is 6.66. The van der Waals surface area contributed by atoms with Gasteiger partial charge in [0.05, 0.1) is 18.1 Å². The summed E-state index contributed by atoms with van der Waals surface area (Å²) in [5, 5.41) is 0. The number of ether oxygens (including phenoxy) is 2. The van der Waals surface area contributed by atoms with E-state index < -0.39 is 16.0 Å². The summed E-state index contributed by atoms with van der Waals surface area (Å²) in [6, 6.07) is 13.9. The van der Waals surface area contributed by atoms with Crippen LogP contribution in [0.1, 0.15) is 59.5 Å². The number of benzene rings is 2. The summed E-state index contributed by atoms with van der Waals surface area (Å²) in [5.41, 5.74) is 2.44. The van der Waals surface area contributed by atoms with Crippen molar-refractivity contribution in [3.05, 3.63) is 71.3 Å². The highest BCUT2D eigenvalue weighted by atomic mass is 32.2. The molecule has 2 fully saturated rings. The molecule has 0 unspecified atom stereocenters. The molecule has 1 saturated carbocycles. The molecule has 0 radical (unpaired) electrons. The van der Waals surface area contributed by atoms with E-state index in [4.69, 9.17) is 9.47 Å². The SMILES string of the molecule is O=C(C=Cc1ccc(S(=O)(=O)N2CCOCC2)cc1)OCC(=O)c1ccc(C2CCCCC2)cc1. The molecule has 0 amide bonds. The molecule has 2 aliphatic rings. The van der Waals surface area contributed by atoms with Crippen LogP contribution < -0.4 is 0 Å². The summed E-state index contributed by atoms with van der Waals surface area (Å²) in [7, 11) is -3.56. The van der Waals surface area contributed by atoms with E-state index in [9.17, 15) is 18.0 Å². The highest BCUT2D eigenvalue weighted by Gasteiger charge is 2.26. The van der Waals surface area contributed by atoms with Crippen LogP contribution in [0.4, 0.5) is 0 Å².